The normalized spacial score (nSPS) is 12.0. The third-order valence-electron chi connectivity index (χ3n) is 9.71. The van der Waals surface area contributed by atoms with E-state index in [4.69, 9.17) is 0 Å². The second-order valence-electron chi connectivity index (χ2n) is 12.9. The smallest absolute Gasteiger partial charge is 0.0462 e. The lowest BCUT2D eigenvalue weighted by Crippen LogP contribution is -2.09. The summed E-state index contributed by atoms with van der Waals surface area (Å²) in [4.78, 5) is 3.76. The maximum Gasteiger partial charge on any atom is 0.0462 e. The van der Waals surface area contributed by atoms with Gasteiger partial charge in [-0.15, -0.1) is 11.3 Å². The predicted octanol–water partition coefficient (Wildman–Crippen LogP) is 14.6. The van der Waals surface area contributed by atoms with E-state index in [0.717, 1.165) is 17.1 Å². The van der Waals surface area contributed by atoms with Crippen LogP contribution < -0.4 is 4.90 Å². The van der Waals surface area contributed by atoms with Crippen molar-refractivity contribution in [1.82, 2.24) is 0 Å². The molecule has 0 amide bonds. The minimum Gasteiger partial charge on any atom is -0.311 e. The molecule has 0 N–H and O–H groups in total. The fourth-order valence-corrected chi connectivity index (χ4v) is 8.45. The Morgan fingerprint density at radius 2 is 0.922 bits per heavy atom. The van der Waals surface area contributed by atoms with E-state index in [1.54, 1.807) is 0 Å². The molecule has 51 heavy (non-hydrogen) atoms. The van der Waals surface area contributed by atoms with Crippen LogP contribution in [0.15, 0.2) is 188 Å². The summed E-state index contributed by atoms with van der Waals surface area (Å²) in [7, 11) is 0. The second kappa shape index (κ2) is 14.5. The van der Waals surface area contributed by atoms with E-state index in [1.165, 1.54) is 59.5 Å². The van der Waals surface area contributed by atoms with E-state index in [1.807, 2.05) is 11.3 Å². The number of benzene rings is 7. The Labute approximate surface area is 305 Å². The van der Waals surface area contributed by atoms with Gasteiger partial charge in [-0.1, -0.05) is 165 Å². The zero-order valence-corrected chi connectivity index (χ0v) is 29.7. The molecule has 8 aromatic rings. The molecule has 0 radical (unpaired) electrons. The van der Waals surface area contributed by atoms with Crippen LogP contribution in [-0.4, -0.2) is 0 Å². The fraction of sp³-hybridized carbons (Fsp3) is 0.0612. The van der Waals surface area contributed by atoms with E-state index in [2.05, 4.69) is 213 Å². The maximum absolute atomic E-state index is 2.35. The Kier molecular flexibility index (Phi) is 9.16. The number of hydrogen-bond acceptors (Lipinski definition) is 2. The predicted molar refractivity (Wildman–Crippen MR) is 221 cm³/mol. The van der Waals surface area contributed by atoms with Crippen molar-refractivity contribution in [3.8, 4) is 33.4 Å². The molecule has 8 rings (SSSR count). The third kappa shape index (κ3) is 6.55. The molecule has 0 saturated heterocycles. The topological polar surface area (TPSA) is 3.24 Å². The number of thiophene rings is 1. The summed E-state index contributed by atoms with van der Waals surface area (Å²) in [5, 5.41) is 1.32. The lowest BCUT2D eigenvalue weighted by atomic mass is 9.94. The summed E-state index contributed by atoms with van der Waals surface area (Å²) in [6.07, 6.45) is 4.45. The van der Waals surface area contributed by atoms with Gasteiger partial charge in [-0.25, -0.2) is 0 Å². The van der Waals surface area contributed by atoms with Gasteiger partial charge < -0.3 is 4.90 Å². The Bertz CT molecular complexity index is 2310. The Morgan fingerprint density at radius 1 is 0.471 bits per heavy atom. The van der Waals surface area contributed by atoms with Crippen LogP contribution in [0.25, 0.3) is 49.5 Å². The van der Waals surface area contributed by atoms with Crippen molar-refractivity contribution in [3.05, 3.63) is 204 Å². The summed E-state index contributed by atoms with van der Waals surface area (Å²) in [5.41, 5.74) is 13.4. The molecule has 1 unspecified atom stereocenters. The average molecular weight is 674 g/mol. The number of rotatable bonds is 9. The van der Waals surface area contributed by atoms with E-state index >= 15 is 0 Å². The Hall–Kier alpha value is -5.96. The van der Waals surface area contributed by atoms with Crippen molar-refractivity contribution in [3.63, 3.8) is 0 Å². The molecule has 0 aliphatic heterocycles. The van der Waals surface area contributed by atoms with Gasteiger partial charge in [0, 0.05) is 37.9 Å². The van der Waals surface area contributed by atoms with Gasteiger partial charge in [0.25, 0.3) is 0 Å². The molecule has 1 heterocycles. The first kappa shape index (κ1) is 32.3. The minimum absolute atomic E-state index is 0.306. The molecule has 1 atom stereocenters. The molecule has 2 heteroatoms. The average Bonchev–Trinajstić information content (AvgIpc) is 3.58. The monoisotopic (exact) mass is 673 g/mol. The molecule has 0 aliphatic rings. The number of nitrogens with zero attached hydrogens (tertiary/aromatic N) is 1. The van der Waals surface area contributed by atoms with Gasteiger partial charge in [-0.05, 0) is 87.8 Å². The largest absolute Gasteiger partial charge is 0.311 e. The van der Waals surface area contributed by atoms with Crippen LogP contribution >= 0.6 is 11.3 Å². The van der Waals surface area contributed by atoms with E-state index < -0.39 is 0 Å². The van der Waals surface area contributed by atoms with Gasteiger partial charge in [0.1, 0.15) is 0 Å². The molecule has 0 saturated carbocycles. The SMILES string of the molecule is C/C=C\c1c(C(C)c2ccccc2)sc2c(-c3ccc(N(c4ccc(-c5ccccc5)cc4)c4ccc(-c5ccccc5)cc4)cc3)cccc12. The standard InChI is InChI=1S/C49H39NS/c1-3-14-46-47-22-13-21-45(49(47)51-48(46)35(2)36-15-7-4-8-16-36)41-27-33-44(34-28-41)50(42-29-23-39(24-30-42)37-17-9-5-10-18-37)43-31-25-40(26-32-43)38-19-11-6-12-20-38/h3-35H,1-2H3/b14-3-. The van der Waals surface area contributed by atoms with Gasteiger partial charge in [0.05, 0.1) is 0 Å². The summed E-state index contributed by atoms with van der Waals surface area (Å²) < 4.78 is 1.33. The molecular weight excluding hydrogens is 635 g/mol. The molecule has 0 aliphatic carbocycles. The van der Waals surface area contributed by atoms with Crippen LogP contribution in [-0.2, 0) is 0 Å². The highest BCUT2D eigenvalue weighted by molar-refractivity contribution is 7.20. The fourth-order valence-electron chi connectivity index (χ4n) is 7.04. The molecule has 7 aromatic carbocycles. The van der Waals surface area contributed by atoms with Crippen LogP contribution in [0.2, 0.25) is 0 Å². The van der Waals surface area contributed by atoms with Crippen LogP contribution in [0.3, 0.4) is 0 Å². The van der Waals surface area contributed by atoms with Gasteiger partial charge in [0.15, 0.2) is 0 Å². The van der Waals surface area contributed by atoms with Crippen molar-refractivity contribution in [2.45, 2.75) is 19.8 Å². The van der Waals surface area contributed by atoms with Crippen LogP contribution in [0.5, 0.6) is 0 Å². The second-order valence-corrected chi connectivity index (χ2v) is 14.0. The quantitative estimate of drug-likeness (QED) is 0.147. The molecule has 0 spiro atoms. The highest BCUT2D eigenvalue weighted by Gasteiger charge is 2.20. The summed E-state index contributed by atoms with van der Waals surface area (Å²) in [6.45, 7) is 4.44. The Balaban J connectivity index is 1.18. The Morgan fingerprint density at radius 3 is 1.41 bits per heavy atom. The molecule has 1 aromatic heterocycles. The van der Waals surface area contributed by atoms with Gasteiger partial charge in [-0.3, -0.25) is 0 Å². The molecule has 246 valence electrons. The number of fused-ring (bicyclic) bond motifs is 1. The van der Waals surface area contributed by atoms with Crippen molar-refractivity contribution in [2.75, 3.05) is 4.90 Å². The van der Waals surface area contributed by atoms with Crippen molar-refractivity contribution in [1.29, 1.82) is 0 Å². The maximum atomic E-state index is 2.35. The molecular formula is C49H39NS. The van der Waals surface area contributed by atoms with E-state index in [0.29, 0.717) is 5.92 Å². The number of allylic oxidation sites excluding steroid dienone is 1. The highest BCUT2D eigenvalue weighted by Crippen LogP contribution is 2.44. The van der Waals surface area contributed by atoms with E-state index in [9.17, 15) is 0 Å². The van der Waals surface area contributed by atoms with Crippen LogP contribution in [0.4, 0.5) is 17.1 Å². The molecule has 0 fully saturated rings. The van der Waals surface area contributed by atoms with Crippen LogP contribution in [0, 0.1) is 0 Å². The zero-order chi connectivity index (χ0) is 34.6. The first-order chi connectivity index (χ1) is 25.2. The lowest BCUT2D eigenvalue weighted by Gasteiger charge is -2.26. The van der Waals surface area contributed by atoms with E-state index in [-0.39, 0.29) is 0 Å². The van der Waals surface area contributed by atoms with Crippen molar-refractivity contribution in [2.24, 2.45) is 0 Å². The summed E-state index contributed by atoms with van der Waals surface area (Å²) in [6, 6.07) is 65.6. The van der Waals surface area contributed by atoms with Crippen LogP contribution in [0.1, 0.15) is 35.8 Å². The number of anilines is 3. The lowest BCUT2D eigenvalue weighted by molar-refractivity contribution is 0.946. The summed E-state index contributed by atoms with van der Waals surface area (Å²) in [5.74, 6) is 0.306. The first-order valence-electron chi connectivity index (χ1n) is 17.6. The molecule has 0 bridgehead atoms. The van der Waals surface area contributed by atoms with Crippen molar-refractivity contribution >= 4 is 44.6 Å². The summed E-state index contributed by atoms with van der Waals surface area (Å²) >= 11 is 1.93. The van der Waals surface area contributed by atoms with Crippen molar-refractivity contribution < 1.29 is 0 Å². The van der Waals surface area contributed by atoms with Gasteiger partial charge in [0.2, 0.25) is 0 Å². The highest BCUT2D eigenvalue weighted by atomic mass is 32.1. The zero-order valence-electron chi connectivity index (χ0n) is 28.9. The third-order valence-corrected chi connectivity index (χ3v) is 11.1. The number of hydrogen-bond donors (Lipinski definition) is 0. The van der Waals surface area contributed by atoms with Gasteiger partial charge >= 0.3 is 0 Å². The van der Waals surface area contributed by atoms with Gasteiger partial charge in [-0.2, -0.15) is 0 Å². The minimum atomic E-state index is 0.306. The first-order valence-corrected chi connectivity index (χ1v) is 18.4. The molecule has 1 nitrogen and oxygen atoms in total.